The Morgan fingerprint density at radius 3 is 2.46 bits per heavy atom. The van der Waals surface area contributed by atoms with Gasteiger partial charge in [0.25, 0.3) is 5.56 Å². The quantitative estimate of drug-likeness (QED) is 0.453. The highest BCUT2D eigenvalue weighted by Gasteiger charge is 2.19. The Morgan fingerprint density at radius 2 is 1.79 bits per heavy atom. The molecule has 0 radical (unpaired) electrons. The van der Waals surface area contributed by atoms with E-state index in [2.05, 4.69) is 9.97 Å². The zero-order valence-electron chi connectivity index (χ0n) is 14.3. The maximum atomic E-state index is 14.4. The van der Waals surface area contributed by atoms with E-state index >= 15 is 0 Å². The molecule has 7 nitrogen and oxygen atoms in total. The minimum Gasteiger partial charge on any atom is -0.330 e. The molecule has 2 aromatic heterocycles. The van der Waals surface area contributed by atoms with E-state index in [9.17, 15) is 18.1 Å². The number of hydrogen-bond donors (Lipinski definition) is 3. The highest BCUT2D eigenvalue weighted by atomic mass is 31.2. The molecule has 0 amide bonds. The lowest BCUT2D eigenvalue weighted by molar-refractivity contribution is 0.371. The van der Waals surface area contributed by atoms with E-state index < -0.39 is 24.8 Å². The maximum absolute atomic E-state index is 14.4. The lowest BCUT2D eigenvalue weighted by Gasteiger charge is -2.09. The summed E-state index contributed by atoms with van der Waals surface area (Å²) in [6.07, 6.45) is 0.775. The molecule has 0 aliphatic rings. The van der Waals surface area contributed by atoms with Crippen LogP contribution in [0.2, 0.25) is 0 Å². The number of hydrogen-bond acceptors (Lipinski definition) is 3. The SMILES string of the molecule is O=c1[nH]cnc2c3c(F)cc(F)cc3n(Cc3ccc(CP(=O)(O)O)cc3)c12. The Balaban J connectivity index is 1.86. The molecule has 144 valence electrons. The summed E-state index contributed by atoms with van der Waals surface area (Å²) in [4.78, 5) is 37.0. The van der Waals surface area contributed by atoms with Crippen molar-refractivity contribution < 1.29 is 23.1 Å². The van der Waals surface area contributed by atoms with Crippen molar-refractivity contribution in [2.75, 3.05) is 0 Å². The number of H-pyrrole nitrogens is 1. The first-order chi connectivity index (χ1) is 13.2. The van der Waals surface area contributed by atoms with Crippen LogP contribution in [0.4, 0.5) is 8.78 Å². The highest BCUT2D eigenvalue weighted by molar-refractivity contribution is 7.50. The molecule has 4 rings (SSSR count). The minimum atomic E-state index is -4.18. The number of nitrogens with one attached hydrogen (secondary N) is 1. The first-order valence-corrected chi connectivity index (χ1v) is 10.00. The van der Waals surface area contributed by atoms with Gasteiger partial charge in [-0.3, -0.25) is 9.36 Å². The van der Waals surface area contributed by atoms with E-state index in [0.717, 1.165) is 18.5 Å². The third-order valence-electron chi connectivity index (χ3n) is 4.41. The van der Waals surface area contributed by atoms with Crippen molar-refractivity contribution in [2.45, 2.75) is 12.7 Å². The van der Waals surface area contributed by atoms with E-state index in [4.69, 9.17) is 9.79 Å². The van der Waals surface area contributed by atoms with E-state index in [1.165, 1.54) is 4.57 Å². The summed E-state index contributed by atoms with van der Waals surface area (Å²) in [5, 5.41) is 0.0561. The molecule has 3 N–H and O–H groups in total. The van der Waals surface area contributed by atoms with Crippen molar-refractivity contribution in [1.29, 1.82) is 0 Å². The lowest BCUT2D eigenvalue weighted by atomic mass is 10.1. The maximum Gasteiger partial charge on any atom is 0.329 e. The van der Waals surface area contributed by atoms with Gasteiger partial charge in [0, 0.05) is 12.6 Å². The van der Waals surface area contributed by atoms with Gasteiger partial charge in [0.1, 0.15) is 22.7 Å². The van der Waals surface area contributed by atoms with E-state index in [1.54, 1.807) is 24.3 Å². The van der Waals surface area contributed by atoms with Crippen molar-refractivity contribution in [3.05, 3.63) is 75.8 Å². The van der Waals surface area contributed by atoms with Gasteiger partial charge in [-0.15, -0.1) is 0 Å². The van der Waals surface area contributed by atoms with Gasteiger partial charge in [0.05, 0.1) is 23.4 Å². The topological polar surface area (TPSA) is 108 Å². The molecule has 0 saturated heterocycles. The second kappa shape index (κ2) is 6.63. The molecule has 4 aromatic rings. The molecule has 0 unspecified atom stereocenters. The van der Waals surface area contributed by atoms with Crippen LogP contribution in [0.3, 0.4) is 0 Å². The van der Waals surface area contributed by atoms with Crippen LogP contribution in [0, 0.1) is 11.6 Å². The molecular formula is C18H14F2N3O4P. The Bertz CT molecular complexity index is 1310. The predicted molar refractivity (Wildman–Crippen MR) is 99.1 cm³/mol. The number of rotatable bonds is 4. The summed E-state index contributed by atoms with van der Waals surface area (Å²) in [5.74, 6) is -1.59. The summed E-state index contributed by atoms with van der Waals surface area (Å²) in [7, 11) is -4.18. The highest BCUT2D eigenvalue weighted by Crippen LogP contribution is 2.39. The lowest BCUT2D eigenvalue weighted by Crippen LogP contribution is -2.12. The second-order valence-corrected chi connectivity index (χ2v) is 8.08. The van der Waals surface area contributed by atoms with Crippen LogP contribution in [0.1, 0.15) is 11.1 Å². The second-order valence-electron chi connectivity index (χ2n) is 6.44. The fourth-order valence-corrected chi connectivity index (χ4v) is 3.97. The van der Waals surface area contributed by atoms with Crippen molar-refractivity contribution in [2.24, 2.45) is 0 Å². The minimum absolute atomic E-state index is 0.0561. The van der Waals surface area contributed by atoms with Crippen LogP contribution in [0.25, 0.3) is 21.9 Å². The van der Waals surface area contributed by atoms with E-state index in [0.29, 0.717) is 11.1 Å². The van der Waals surface area contributed by atoms with Crippen LogP contribution >= 0.6 is 7.60 Å². The first-order valence-electron chi connectivity index (χ1n) is 8.20. The summed E-state index contributed by atoms with van der Waals surface area (Å²) in [6.45, 7) is 0.119. The zero-order valence-corrected chi connectivity index (χ0v) is 15.2. The molecule has 0 atom stereocenters. The molecule has 2 aromatic carbocycles. The van der Waals surface area contributed by atoms with Crippen LogP contribution in [0.5, 0.6) is 0 Å². The fourth-order valence-electron chi connectivity index (χ4n) is 3.29. The molecule has 28 heavy (non-hydrogen) atoms. The summed E-state index contributed by atoms with van der Waals surface area (Å²) >= 11 is 0. The van der Waals surface area contributed by atoms with Gasteiger partial charge in [-0.2, -0.15) is 0 Å². The van der Waals surface area contributed by atoms with Crippen LogP contribution < -0.4 is 5.56 Å². The summed E-state index contributed by atoms with van der Waals surface area (Å²) in [6, 6.07) is 8.29. The van der Waals surface area contributed by atoms with Gasteiger partial charge in [-0.25, -0.2) is 13.8 Å². The number of fused-ring (bicyclic) bond motifs is 3. The van der Waals surface area contributed by atoms with Gasteiger partial charge in [-0.1, -0.05) is 24.3 Å². The van der Waals surface area contributed by atoms with Crippen molar-refractivity contribution in [3.63, 3.8) is 0 Å². The van der Waals surface area contributed by atoms with Crippen molar-refractivity contribution >= 4 is 29.5 Å². The average molecular weight is 405 g/mol. The standard InChI is InChI=1S/C18H14F2N3O4P/c19-12-5-13(20)15-14(6-12)23(17-16(15)21-9-22-18(17)24)7-10-1-3-11(4-2-10)8-28(25,26)27/h1-6,9H,7-8H2,(H,21,22,24)(H2,25,26,27). The number of aromatic amines is 1. The zero-order chi connectivity index (χ0) is 20.1. The van der Waals surface area contributed by atoms with Crippen LogP contribution in [0.15, 0.2) is 47.5 Å². The van der Waals surface area contributed by atoms with Gasteiger partial charge in [0.2, 0.25) is 0 Å². The smallest absolute Gasteiger partial charge is 0.329 e. The fraction of sp³-hybridized carbons (Fsp3) is 0.111. The number of halogens is 2. The number of benzene rings is 2. The molecule has 0 aliphatic heterocycles. The molecule has 0 fully saturated rings. The summed E-state index contributed by atoms with van der Waals surface area (Å²) < 4.78 is 40.8. The third kappa shape index (κ3) is 3.35. The molecule has 0 spiro atoms. The Hall–Kier alpha value is -2.87. The van der Waals surface area contributed by atoms with Gasteiger partial charge in [-0.05, 0) is 17.2 Å². The Labute approximate surface area is 156 Å². The Morgan fingerprint density at radius 1 is 1.11 bits per heavy atom. The van der Waals surface area contributed by atoms with E-state index in [1.807, 2.05) is 0 Å². The molecule has 10 heteroatoms. The largest absolute Gasteiger partial charge is 0.330 e. The van der Waals surface area contributed by atoms with Gasteiger partial charge in [0.15, 0.2) is 0 Å². The van der Waals surface area contributed by atoms with Crippen molar-refractivity contribution in [1.82, 2.24) is 14.5 Å². The van der Waals surface area contributed by atoms with Crippen molar-refractivity contribution in [3.8, 4) is 0 Å². The molecule has 0 saturated carbocycles. The van der Waals surface area contributed by atoms with Crippen LogP contribution in [-0.4, -0.2) is 24.3 Å². The molecule has 2 heterocycles. The molecule has 0 aliphatic carbocycles. The first kappa shape index (κ1) is 18.5. The average Bonchev–Trinajstić information content (AvgIpc) is 2.90. The van der Waals surface area contributed by atoms with Gasteiger partial charge < -0.3 is 19.3 Å². The molecule has 0 bridgehead atoms. The monoisotopic (exact) mass is 405 g/mol. The number of nitrogens with zero attached hydrogens (tertiary/aromatic N) is 2. The molecular weight excluding hydrogens is 391 g/mol. The number of aromatic nitrogens is 3. The van der Waals surface area contributed by atoms with E-state index in [-0.39, 0.29) is 34.6 Å². The summed E-state index contributed by atoms with van der Waals surface area (Å²) in [5.41, 5.74) is 1.09. The third-order valence-corrected chi connectivity index (χ3v) is 5.19. The normalized spacial score (nSPS) is 12.1. The Kier molecular flexibility index (Phi) is 4.38. The van der Waals surface area contributed by atoms with Gasteiger partial charge >= 0.3 is 7.60 Å². The predicted octanol–water partition coefficient (Wildman–Crippen LogP) is 2.88. The van der Waals surface area contributed by atoms with Crippen LogP contribution in [-0.2, 0) is 17.3 Å².